The molecule has 1 fully saturated rings. The number of ether oxygens (including phenoxy) is 1. The molecular formula is C21H22Cl2N3O+. The highest BCUT2D eigenvalue weighted by Crippen LogP contribution is 2.49. The fourth-order valence-electron chi connectivity index (χ4n) is 4.51. The van der Waals surface area contributed by atoms with Crippen LogP contribution < -0.4 is 9.64 Å². The summed E-state index contributed by atoms with van der Waals surface area (Å²) in [5.74, 6) is 0.997. The molecule has 140 valence electrons. The molecule has 0 unspecified atom stereocenters. The van der Waals surface area contributed by atoms with Gasteiger partial charge >= 0.3 is 0 Å². The molecule has 0 aliphatic carbocycles. The Morgan fingerprint density at radius 1 is 1.15 bits per heavy atom. The van der Waals surface area contributed by atoms with E-state index in [2.05, 4.69) is 36.3 Å². The van der Waals surface area contributed by atoms with Crippen LogP contribution in [0, 0.1) is 0 Å². The van der Waals surface area contributed by atoms with Crippen LogP contribution >= 0.6 is 23.2 Å². The Hall–Kier alpha value is -1.75. The Morgan fingerprint density at radius 3 is 2.70 bits per heavy atom. The van der Waals surface area contributed by atoms with E-state index in [-0.39, 0.29) is 11.8 Å². The van der Waals surface area contributed by atoms with Crippen LogP contribution in [0.4, 0.5) is 0 Å². The average molecular weight is 403 g/mol. The van der Waals surface area contributed by atoms with Gasteiger partial charge in [-0.25, -0.2) is 5.01 Å². The second kappa shape index (κ2) is 6.40. The molecule has 2 aromatic carbocycles. The molecular weight excluding hydrogens is 381 g/mol. The van der Waals surface area contributed by atoms with Crippen molar-refractivity contribution < 1.29 is 9.64 Å². The zero-order valence-electron chi connectivity index (χ0n) is 15.2. The molecule has 0 bridgehead atoms. The van der Waals surface area contributed by atoms with Gasteiger partial charge in [0.25, 0.3) is 0 Å². The zero-order chi connectivity index (χ0) is 18.6. The smallest absolute Gasteiger partial charge is 0.208 e. The Morgan fingerprint density at radius 2 is 1.93 bits per heavy atom. The van der Waals surface area contributed by atoms with Gasteiger partial charge in [-0.15, -0.1) is 0 Å². The predicted molar refractivity (Wildman–Crippen MR) is 108 cm³/mol. The van der Waals surface area contributed by atoms with Crippen molar-refractivity contribution in [3.8, 4) is 5.75 Å². The van der Waals surface area contributed by atoms with Gasteiger partial charge in [-0.2, -0.15) is 5.10 Å². The van der Waals surface area contributed by atoms with Gasteiger partial charge in [-0.05, 0) is 18.2 Å². The monoisotopic (exact) mass is 402 g/mol. The highest BCUT2D eigenvalue weighted by molar-refractivity contribution is 6.37. The SMILES string of the molecule is C[NH+]1CCC2(CC1)Oc1ccccc1[C@H]1CC(c3ccc(Cl)cc3Cl)=NN12. The zero-order valence-corrected chi connectivity index (χ0v) is 16.7. The van der Waals surface area contributed by atoms with Crippen molar-refractivity contribution in [2.24, 2.45) is 5.10 Å². The van der Waals surface area contributed by atoms with E-state index >= 15 is 0 Å². The summed E-state index contributed by atoms with van der Waals surface area (Å²) in [5.41, 5.74) is 2.81. The van der Waals surface area contributed by atoms with Crippen molar-refractivity contribution in [3.05, 3.63) is 63.6 Å². The summed E-state index contributed by atoms with van der Waals surface area (Å²) >= 11 is 12.6. The predicted octanol–water partition coefficient (Wildman–Crippen LogP) is 3.54. The largest absolute Gasteiger partial charge is 0.466 e. The molecule has 5 rings (SSSR count). The first-order chi connectivity index (χ1) is 13.1. The number of rotatable bonds is 1. The number of benzene rings is 2. The molecule has 0 amide bonds. The van der Waals surface area contributed by atoms with Gasteiger partial charge in [0.05, 0.1) is 49.8 Å². The van der Waals surface area contributed by atoms with Crippen LogP contribution in [0.2, 0.25) is 10.0 Å². The maximum atomic E-state index is 6.61. The molecule has 3 aliphatic rings. The number of hydrogen-bond donors (Lipinski definition) is 1. The lowest BCUT2D eigenvalue weighted by Gasteiger charge is -2.49. The lowest BCUT2D eigenvalue weighted by molar-refractivity contribution is -0.888. The third-order valence-electron chi connectivity index (χ3n) is 6.03. The molecule has 6 heteroatoms. The van der Waals surface area contributed by atoms with Crippen molar-refractivity contribution >= 4 is 28.9 Å². The minimum Gasteiger partial charge on any atom is -0.466 e. The highest BCUT2D eigenvalue weighted by atomic mass is 35.5. The van der Waals surface area contributed by atoms with E-state index < -0.39 is 0 Å². The number of nitrogens with one attached hydrogen (secondary N) is 1. The van der Waals surface area contributed by atoms with Crippen LogP contribution in [0.1, 0.15) is 36.4 Å². The standard InChI is InChI=1S/C21H21Cl2N3O/c1-25-10-8-21(9-11-25)26-19(16-4-2-3-5-20(16)27-21)13-18(24-26)15-7-6-14(22)12-17(15)23/h2-7,12,19H,8-11,13H2,1H3/p+1/t19-/m1/s1. The number of hydrazone groups is 1. The van der Waals surface area contributed by atoms with E-state index in [1.807, 2.05) is 12.1 Å². The molecule has 1 saturated heterocycles. The third kappa shape index (κ3) is 2.82. The Labute approximate surface area is 169 Å². The number of likely N-dealkylation sites (tertiary alicyclic amines) is 1. The number of hydrogen-bond acceptors (Lipinski definition) is 3. The second-order valence-corrected chi connectivity index (χ2v) is 8.62. The van der Waals surface area contributed by atoms with Crippen LogP contribution in [0.3, 0.4) is 0 Å². The Balaban J connectivity index is 1.59. The van der Waals surface area contributed by atoms with Crippen molar-refractivity contribution in [2.45, 2.75) is 31.0 Å². The number of fused-ring (bicyclic) bond motifs is 4. The van der Waals surface area contributed by atoms with Gasteiger partial charge in [0, 0.05) is 22.6 Å². The third-order valence-corrected chi connectivity index (χ3v) is 6.58. The normalized spacial score (nSPS) is 29.1. The van der Waals surface area contributed by atoms with Gasteiger partial charge in [0.1, 0.15) is 5.75 Å². The quantitative estimate of drug-likeness (QED) is 0.790. The summed E-state index contributed by atoms with van der Waals surface area (Å²) < 4.78 is 6.61. The lowest BCUT2D eigenvalue weighted by atomic mass is 9.91. The molecule has 27 heavy (non-hydrogen) atoms. The number of para-hydroxylation sites is 1. The van der Waals surface area contributed by atoms with E-state index in [9.17, 15) is 0 Å². The fourth-order valence-corrected chi connectivity index (χ4v) is 5.03. The Kier molecular flexibility index (Phi) is 4.12. The van der Waals surface area contributed by atoms with Crippen molar-refractivity contribution in [3.63, 3.8) is 0 Å². The van der Waals surface area contributed by atoms with Crippen molar-refractivity contribution in [1.82, 2.24) is 5.01 Å². The molecule has 3 heterocycles. The maximum Gasteiger partial charge on any atom is 0.208 e. The molecule has 1 N–H and O–H groups in total. The van der Waals surface area contributed by atoms with E-state index in [1.165, 1.54) is 5.56 Å². The summed E-state index contributed by atoms with van der Waals surface area (Å²) in [6.45, 7) is 2.16. The molecule has 4 nitrogen and oxygen atoms in total. The molecule has 2 aromatic rings. The van der Waals surface area contributed by atoms with Gasteiger partial charge < -0.3 is 9.64 Å². The van der Waals surface area contributed by atoms with Crippen LogP contribution in [-0.4, -0.2) is 36.6 Å². The summed E-state index contributed by atoms with van der Waals surface area (Å²) in [7, 11) is 2.24. The number of quaternary nitrogens is 1. The Bertz CT molecular complexity index is 921. The molecule has 1 spiro atoms. The molecule has 1 atom stereocenters. The van der Waals surface area contributed by atoms with E-state index in [4.69, 9.17) is 33.0 Å². The summed E-state index contributed by atoms with van der Waals surface area (Å²) in [4.78, 5) is 1.55. The van der Waals surface area contributed by atoms with Crippen LogP contribution in [0.25, 0.3) is 0 Å². The topological polar surface area (TPSA) is 29.3 Å². The molecule has 0 saturated carbocycles. The first kappa shape index (κ1) is 17.4. The van der Waals surface area contributed by atoms with Crippen molar-refractivity contribution in [1.29, 1.82) is 0 Å². The van der Waals surface area contributed by atoms with Gasteiger partial charge in [0.15, 0.2) is 0 Å². The summed E-state index contributed by atoms with van der Waals surface area (Å²) in [6.07, 6.45) is 2.76. The minimum absolute atomic E-state index is 0.190. The summed E-state index contributed by atoms with van der Waals surface area (Å²) in [6, 6.07) is 14.2. The molecule has 0 aromatic heterocycles. The van der Waals surface area contributed by atoms with E-state index in [0.717, 1.165) is 49.4 Å². The summed E-state index contributed by atoms with van der Waals surface area (Å²) in [5, 5.41) is 8.58. The van der Waals surface area contributed by atoms with Crippen LogP contribution in [-0.2, 0) is 0 Å². The lowest BCUT2D eigenvalue weighted by Crippen LogP contribution is -3.11. The average Bonchev–Trinajstić information content (AvgIpc) is 3.11. The second-order valence-electron chi connectivity index (χ2n) is 7.78. The minimum atomic E-state index is -0.362. The van der Waals surface area contributed by atoms with E-state index in [0.29, 0.717) is 10.0 Å². The molecule has 3 aliphatic heterocycles. The fraction of sp³-hybridized carbons (Fsp3) is 0.381. The van der Waals surface area contributed by atoms with E-state index in [1.54, 1.807) is 11.0 Å². The first-order valence-corrected chi connectivity index (χ1v) is 10.2. The number of nitrogens with zero attached hydrogens (tertiary/aromatic N) is 2. The van der Waals surface area contributed by atoms with Gasteiger partial charge in [-0.3, -0.25) is 0 Å². The van der Waals surface area contributed by atoms with Gasteiger partial charge in [0.2, 0.25) is 5.72 Å². The van der Waals surface area contributed by atoms with Crippen molar-refractivity contribution in [2.75, 3.05) is 20.1 Å². The van der Waals surface area contributed by atoms with Crippen LogP contribution in [0.15, 0.2) is 47.6 Å². The first-order valence-electron chi connectivity index (χ1n) is 9.47. The van der Waals surface area contributed by atoms with Crippen LogP contribution in [0.5, 0.6) is 5.75 Å². The number of piperidine rings is 1. The number of halogens is 2. The highest BCUT2D eigenvalue weighted by Gasteiger charge is 2.52. The molecule has 0 radical (unpaired) electrons. The van der Waals surface area contributed by atoms with Gasteiger partial charge in [-0.1, -0.05) is 47.5 Å². The maximum absolute atomic E-state index is 6.61.